The SMILES string of the molecule is Cn1cc(CCNC(=O)NC2CCC(C(=O)O)CC2)cn1. The van der Waals surface area contributed by atoms with Gasteiger partial charge in [-0.3, -0.25) is 9.48 Å². The Bertz CT molecular complexity index is 492. The van der Waals surface area contributed by atoms with Crippen LogP contribution in [0, 0.1) is 5.92 Å². The average Bonchev–Trinajstić information content (AvgIpc) is 2.85. The maximum Gasteiger partial charge on any atom is 0.315 e. The van der Waals surface area contributed by atoms with Gasteiger partial charge in [0.25, 0.3) is 0 Å². The summed E-state index contributed by atoms with van der Waals surface area (Å²) in [5, 5.41) is 18.7. The number of amides is 2. The molecule has 0 radical (unpaired) electrons. The lowest BCUT2D eigenvalue weighted by atomic mass is 9.86. The van der Waals surface area contributed by atoms with E-state index in [-0.39, 0.29) is 18.0 Å². The molecule has 116 valence electrons. The molecule has 0 aliphatic heterocycles. The van der Waals surface area contributed by atoms with Crippen LogP contribution >= 0.6 is 0 Å². The maximum atomic E-state index is 11.8. The first-order valence-electron chi connectivity index (χ1n) is 7.29. The van der Waals surface area contributed by atoms with Gasteiger partial charge in [-0.25, -0.2) is 4.79 Å². The van der Waals surface area contributed by atoms with Crippen molar-refractivity contribution in [2.24, 2.45) is 13.0 Å². The summed E-state index contributed by atoms with van der Waals surface area (Å²) in [6.07, 6.45) is 7.18. The molecule has 1 saturated carbocycles. The fourth-order valence-electron chi connectivity index (χ4n) is 2.64. The number of urea groups is 1. The topological polar surface area (TPSA) is 96.2 Å². The molecule has 21 heavy (non-hydrogen) atoms. The molecule has 0 unspecified atom stereocenters. The lowest BCUT2D eigenvalue weighted by Gasteiger charge is -2.26. The summed E-state index contributed by atoms with van der Waals surface area (Å²) in [5.74, 6) is -0.980. The Morgan fingerprint density at radius 3 is 2.67 bits per heavy atom. The first-order valence-corrected chi connectivity index (χ1v) is 7.29. The normalized spacial score (nSPS) is 21.8. The molecule has 0 spiro atoms. The van der Waals surface area contributed by atoms with Crippen molar-refractivity contribution < 1.29 is 14.7 Å². The first kappa shape index (κ1) is 15.3. The Balaban J connectivity index is 1.62. The first-order chi connectivity index (χ1) is 10.0. The van der Waals surface area contributed by atoms with Crippen LogP contribution in [-0.2, 0) is 18.3 Å². The second-order valence-corrected chi connectivity index (χ2v) is 5.56. The van der Waals surface area contributed by atoms with E-state index in [0.717, 1.165) is 24.8 Å². The van der Waals surface area contributed by atoms with E-state index in [2.05, 4.69) is 15.7 Å². The summed E-state index contributed by atoms with van der Waals surface area (Å²) in [6, 6.07) is -0.100. The van der Waals surface area contributed by atoms with Gasteiger partial charge in [-0.2, -0.15) is 5.10 Å². The van der Waals surface area contributed by atoms with E-state index in [0.29, 0.717) is 19.4 Å². The smallest absolute Gasteiger partial charge is 0.315 e. The monoisotopic (exact) mass is 294 g/mol. The van der Waals surface area contributed by atoms with E-state index in [4.69, 9.17) is 5.11 Å². The Morgan fingerprint density at radius 2 is 2.10 bits per heavy atom. The van der Waals surface area contributed by atoms with Gasteiger partial charge in [0.15, 0.2) is 0 Å². The number of carboxylic acids is 1. The molecule has 1 aliphatic carbocycles. The predicted molar refractivity (Wildman–Crippen MR) is 76.8 cm³/mol. The van der Waals surface area contributed by atoms with Gasteiger partial charge in [-0.1, -0.05) is 0 Å². The van der Waals surface area contributed by atoms with E-state index >= 15 is 0 Å². The van der Waals surface area contributed by atoms with Crippen molar-refractivity contribution in [3.05, 3.63) is 18.0 Å². The van der Waals surface area contributed by atoms with Gasteiger partial charge in [0, 0.05) is 25.8 Å². The van der Waals surface area contributed by atoms with Crippen LogP contribution in [0.15, 0.2) is 12.4 Å². The zero-order valence-electron chi connectivity index (χ0n) is 12.2. The minimum Gasteiger partial charge on any atom is -0.481 e. The molecule has 0 bridgehead atoms. The molecule has 1 aliphatic rings. The lowest BCUT2D eigenvalue weighted by molar-refractivity contribution is -0.142. The minimum absolute atomic E-state index is 0.0824. The molecule has 0 aromatic carbocycles. The number of aryl methyl sites for hydroxylation is 1. The van der Waals surface area contributed by atoms with Crippen molar-refractivity contribution in [1.82, 2.24) is 20.4 Å². The minimum atomic E-state index is -0.727. The number of aliphatic carboxylic acids is 1. The number of rotatable bonds is 5. The standard InChI is InChI=1S/C14H22N4O3/c1-18-9-10(8-16-18)6-7-15-14(21)17-12-4-2-11(3-5-12)13(19)20/h8-9,11-12H,2-7H2,1H3,(H,19,20)(H2,15,17,21). The van der Waals surface area contributed by atoms with Crippen molar-refractivity contribution in [3.63, 3.8) is 0 Å². The van der Waals surface area contributed by atoms with Gasteiger partial charge in [0.2, 0.25) is 0 Å². The van der Waals surface area contributed by atoms with E-state index in [1.165, 1.54) is 0 Å². The summed E-state index contributed by atoms with van der Waals surface area (Å²) in [7, 11) is 1.86. The molecule has 3 N–H and O–H groups in total. The molecular weight excluding hydrogens is 272 g/mol. The Morgan fingerprint density at radius 1 is 1.38 bits per heavy atom. The van der Waals surface area contributed by atoms with Gasteiger partial charge >= 0.3 is 12.0 Å². The highest BCUT2D eigenvalue weighted by Crippen LogP contribution is 2.24. The number of nitrogens with one attached hydrogen (secondary N) is 2. The van der Waals surface area contributed by atoms with E-state index in [1.807, 2.05) is 13.2 Å². The molecule has 7 nitrogen and oxygen atoms in total. The lowest BCUT2D eigenvalue weighted by Crippen LogP contribution is -2.44. The van der Waals surface area contributed by atoms with Crippen molar-refractivity contribution in [1.29, 1.82) is 0 Å². The Labute approximate surface area is 123 Å². The third kappa shape index (κ3) is 4.77. The zero-order valence-corrected chi connectivity index (χ0v) is 12.2. The van der Waals surface area contributed by atoms with Gasteiger partial charge in [0.1, 0.15) is 0 Å². The highest BCUT2D eigenvalue weighted by Gasteiger charge is 2.26. The number of nitrogens with zero attached hydrogens (tertiary/aromatic N) is 2. The van der Waals surface area contributed by atoms with Crippen molar-refractivity contribution >= 4 is 12.0 Å². The number of aromatic nitrogens is 2. The fourth-order valence-corrected chi connectivity index (χ4v) is 2.64. The van der Waals surface area contributed by atoms with Gasteiger partial charge in [-0.15, -0.1) is 0 Å². The predicted octanol–water partition coefficient (Wildman–Crippen LogP) is 0.905. The maximum absolute atomic E-state index is 11.8. The van der Waals surface area contributed by atoms with Crippen LogP contribution in [0.3, 0.4) is 0 Å². The summed E-state index contributed by atoms with van der Waals surface area (Å²) < 4.78 is 1.73. The molecule has 1 aromatic heterocycles. The van der Waals surface area contributed by atoms with Crippen LogP contribution in [-0.4, -0.2) is 39.5 Å². The number of hydrogen-bond donors (Lipinski definition) is 3. The van der Waals surface area contributed by atoms with E-state index < -0.39 is 5.97 Å². The van der Waals surface area contributed by atoms with Crippen LogP contribution in [0.1, 0.15) is 31.2 Å². The quantitative estimate of drug-likeness (QED) is 0.752. The van der Waals surface area contributed by atoms with Crippen LogP contribution in [0.4, 0.5) is 4.79 Å². The summed E-state index contributed by atoms with van der Waals surface area (Å²) >= 11 is 0. The second-order valence-electron chi connectivity index (χ2n) is 5.56. The largest absolute Gasteiger partial charge is 0.481 e. The zero-order chi connectivity index (χ0) is 15.2. The van der Waals surface area contributed by atoms with Crippen LogP contribution in [0.25, 0.3) is 0 Å². The number of carbonyl (C=O) groups is 2. The molecule has 1 aromatic rings. The highest BCUT2D eigenvalue weighted by atomic mass is 16.4. The number of hydrogen-bond acceptors (Lipinski definition) is 3. The molecule has 0 atom stereocenters. The molecule has 0 saturated heterocycles. The summed E-state index contributed by atoms with van der Waals surface area (Å²) in [5.41, 5.74) is 1.08. The van der Waals surface area contributed by atoms with Gasteiger partial charge in [0.05, 0.1) is 12.1 Å². The van der Waals surface area contributed by atoms with Crippen molar-refractivity contribution in [2.75, 3.05) is 6.54 Å². The third-order valence-electron chi connectivity index (χ3n) is 3.87. The highest BCUT2D eigenvalue weighted by molar-refractivity contribution is 5.74. The van der Waals surface area contributed by atoms with Gasteiger partial charge < -0.3 is 15.7 Å². The second kappa shape index (κ2) is 7.10. The summed E-state index contributed by atoms with van der Waals surface area (Å²) in [6.45, 7) is 0.558. The molecule has 1 heterocycles. The van der Waals surface area contributed by atoms with Gasteiger partial charge in [-0.05, 0) is 37.7 Å². The van der Waals surface area contributed by atoms with E-state index in [9.17, 15) is 9.59 Å². The van der Waals surface area contributed by atoms with E-state index in [1.54, 1.807) is 10.9 Å². The van der Waals surface area contributed by atoms with Crippen LogP contribution in [0.5, 0.6) is 0 Å². The molecule has 2 rings (SSSR count). The molecular formula is C14H22N4O3. The molecule has 7 heteroatoms. The third-order valence-corrected chi connectivity index (χ3v) is 3.87. The number of carbonyl (C=O) groups excluding carboxylic acids is 1. The summed E-state index contributed by atoms with van der Waals surface area (Å²) in [4.78, 5) is 22.6. The van der Waals surface area contributed by atoms with Crippen LogP contribution < -0.4 is 10.6 Å². The van der Waals surface area contributed by atoms with Crippen LogP contribution in [0.2, 0.25) is 0 Å². The van der Waals surface area contributed by atoms with Crippen molar-refractivity contribution in [2.45, 2.75) is 38.1 Å². The Kier molecular flexibility index (Phi) is 5.19. The fraction of sp³-hybridized carbons (Fsp3) is 0.643. The Hall–Kier alpha value is -2.05. The number of carboxylic acid groups (broad SMARTS) is 1. The molecule has 1 fully saturated rings. The van der Waals surface area contributed by atoms with Crippen molar-refractivity contribution in [3.8, 4) is 0 Å². The molecule has 2 amide bonds. The average molecular weight is 294 g/mol.